The van der Waals surface area contributed by atoms with Crippen LogP contribution in [0.25, 0.3) is 5.78 Å². The number of aryl methyl sites for hydroxylation is 2. The maximum atomic E-state index is 12.8. The Morgan fingerprint density at radius 1 is 1.08 bits per heavy atom. The summed E-state index contributed by atoms with van der Waals surface area (Å²) in [5.41, 5.74) is 1.87. The Morgan fingerprint density at radius 2 is 1.73 bits per heavy atom. The lowest BCUT2D eigenvalue weighted by Crippen LogP contribution is -2.32. The highest BCUT2D eigenvalue weighted by atomic mass is 19.4. The van der Waals surface area contributed by atoms with Gasteiger partial charge in [-0.3, -0.25) is 4.79 Å². The Balaban J connectivity index is 1.80. The highest BCUT2D eigenvalue weighted by molar-refractivity contribution is 5.76. The number of carbonyl (C=O) groups is 1. The maximum absolute atomic E-state index is 12.8. The molecule has 9 heteroatoms. The summed E-state index contributed by atoms with van der Waals surface area (Å²) >= 11 is 0. The van der Waals surface area contributed by atoms with E-state index < -0.39 is 12.0 Å². The summed E-state index contributed by atoms with van der Waals surface area (Å²) in [7, 11) is 0. The van der Waals surface area contributed by atoms with Gasteiger partial charge >= 0.3 is 6.18 Å². The number of hydrogen-bond acceptors (Lipinski definition) is 4. The lowest BCUT2D eigenvalue weighted by molar-refractivity contribution is -0.144. The molecule has 142 valence electrons. The van der Waals surface area contributed by atoms with Crippen LogP contribution in [-0.2, 0) is 17.4 Å². The third kappa shape index (κ3) is 3.81. The number of nitrogens with zero attached hydrogens (tertiary/aromatic N) is 5. The first kappa shape index (κ1) is 18.6. The molecule has 0 saturated carbocycles. The van der Waals surface area contributed by atoms with Gasteiger partial charge in [0.25, 0.3) is 11.6 Å². The quantitative estimate of drug-likeness (QED) is 0.834. The lowest BCUT2D eigenvalue weighted by atomic mass is 10.1. The fourth-order valence-electron chi connectivity index (χ4n) is 3.40. The van der Waals surface area contributed by atoms with Crippen LogP contribution in [0.4, 0.5) is 13.2 Å². The number of rotatable bonds is 3. The minimum absolute atomic E-state index is 0.0741. The first-order chi connectivity index (χ1) is 12.3. The molecule has 1 fully saturated rings. The fourth-order valence-corrected chi connectivity index (χ4v) is 3.40. The molecule has 2 aromatic heterocycles. The van der Waals surface area contributed by atoms with Gasteiger partial charge in [-0.25, -0.2) is 9.50 Å². The third-order valence-corrected chi connectivity index (χ3v) is 4.85. The van der Waals surface area contributed by atoms with E-state index >= 15 is 0 Å². The van der Waals surface area contributed by atoms with Crippen LogP contribution in [0.1, 0.15) is 54.9 Å². The number of hydrogen-bond donors (Lipinski definition) is 0. The van der Waals surface area contributed by atoms with Crippen LogP contribution in [0.3, 0.4) is 0 Å². The van der Waals surface area contributed by atoms with E-state index in [4.69, 9.17) is 0 Å². The lowest BCUT2D eigenvalue weighted by Gasteiger charge is -2.20. The van der Waals surface area contributed by atoms with Gasteiger partial charge in [0, 0.05) is 30.9 Å². The van der Waals surface area contributed by atoms with Crippen molar-refractivity contribution in [2.24, 2.45) is 0 Å². The zero-order chi connectivity index (χ0) is 18.9. The summed E-state index contributed by atoms with van der Waals surface area (Å²) < 4.78 is 39.6. The van der Waals surface area contributed by atoms with Crippen molar-refractivity contribution in [1.29, 1.82) is 0 Å². The van der Waals surface area contributed by atoms with Gasteiger partial charge in [-0.05, 0) is 38.7 Å². The Hall–Kier alpha value is -2.19. The Labute approximate surface area is 149 Å². The summed E-state index contributed by atoms with van der Waals surface area (Å²) in [6.07, 6.45) is 0.476. The van der Waals surface area contributed by atoms with Crippen molar-refractivity contribution in [3.05, 3.63) is 22.8 Å². The smallest absolute Gasteiger partial charge is 0.343 e. The van der Waals surface area contributed by atoms with E-state index in [1.165, 1.54) is 0 Å². The van der Waals surface area contributed by atoms with E-state index in [9.17, 15) is 18.0 Å². The molecule has 1 aliphatic heterocycles. The summed E-state index contributed by atoms with van der Waals surface area (Å²) in [5.74, 6) is -1.19. The highest BCUT2D eigenvalue weighted by Crippen LogP contribution is 2.27. The van der Waals surface area contributed by atoms with Gasteiger partial charge in [0.15, 0.2) is 0 Å². The van der Waals surface area contributed by atoms with E-state index in [-0.39, 0.29) is 11.7 Å². The number of fused-ring (bicyclic) bond motifs is 1. The second-order valence-corrected chi connectivity index (χ2v) is 6.70. The van der Waals surface area contributed by atoms with Crippen LogP contribution < -0.4 is 0 Å². The van der Waals surface area contributed by atoms with E-state index in [0.29, 0.717) is 24.2 Å². The van der Waals surface area contributed by atoms with E-state index in [0.717, 1.165) is 48.9 Å². The number of carbonyl (C=O) groups excluding carboxylic acids is 1. The van der Waals surface area contributed by atoms with Gasteiger partial charge in [0.2, 0.25) is 5.91 Å². The Bertz CT molecular complexity index is 807. The molecule has 26 heavy (non-hydrogen) atoms. The average Bonchev–Trinajstić information content (AvgIpc) is 2.82. The van der Waals surface area contributed by atoms with Gasteiger partial charge in [-0.15, -0.1) is 5.10 Å². The van der Waals surface area contributed by atoms with Crippen LogP contribution in [0.2, 0.25) is 0 Å². The van der Waals surface area contributed by atoms with Crippen LogP contribution in [0.15, 0.2) is 0 Å². The largest absolute Gasteiger partial charge is 0.453 e. The summed E-state index contributed by atoms with van der Waals surface area (Å²) in [5, 5.41) is 3.54. The maximum Gasteiger partial charge on any atom is 0.453 e. The zero-order valence-corrected chi connectivity index (χ0v) is 14.9. The molecule has 0 aromatic carbocycles. The molecule has 0 bridgehead atoms. The number of aromatic nitrogens is 4. The van der Waals surface area contributed by atoms with Crippen LogP contribution in [-0.4, -0.2) is 43.5 Å². The molecule has 6 nitrogen and oxygen atoms in total. The monoisotopic (exact) mass is 369 g/mol. The molecule has 1 saturated heterocycles. The van der Waals surface area contributed by atoms with Crippen molar-refractivity contribution in [3.63, 3.8) is 0 Å². The Kier molecular flexibility index (Phi) is 5.15. The van der Waals surface area contributed by atoms with Gasteiger partial charge in [-0.1, -0.05) is 12.8 Å². The molecule has 1 amide bonds. The summed E-state index contributed by atoms with van der Waals surface area (Å²) in [4.78, 5) is 22.0. The molecule has 0 unspecified atom stereocenters. The van der Waals surface area contributed by atoms with E-state index in [1.54, 1.807) is 13.8 Å². The van der Waals surface area contributed by atoms with Crippen molar-refractivity contribution in [1.82, 2.24) is 24.5 Å². The molecule has 0 radical (unpaired) electrons. The fraction of sp³-hybridized carbons (Fsp3) is 0.647. The predicted octanol–water partition coefficient (Wildman–Crippen LogP) is 3.10. The van der Waals surface area contributed by atoms with E-state index in [1.807, 2.05) is 4.90 Å². The van der Waals surface area contributed by atoms with Crippen molar-refractivity contribution < 1.29 is 18.0 Å². The molecule has 0 N–H and O–H groups in total. The molecule has 3 rings (SSSR count). The van der Waals surface area contributed by atoms with Crippen molar-refractivity contribution in [2.75, 3.05) is 13.1 Å². The van der Waals surface area contributed by atoms with Gasteiger partial charge in [-0.2, -0.15) is 18.2 Å². The number of halogens is 3. The summed E-state index contributed by atoms with van der Waals surface area (Å²) in [6, 6.07) is 0. The molecule has 0 atom stereocenters. The molecule has 0 aliphatic carbocycles. The first-order valence-electron chi connectivity index (χ1n) is 8.85. The number of likely N-dealkylation sites (tertiary alicyclic amines) is 1. The zero-order valence-electron chi connectivity index (χ0n) is 14.9. The predicted molar refractivity (Wildman–Crippen MR) is 88.6 cm³/mol. The third-order valence-electron chi connectivity index (χ3n) is 4.85. The normalized spacial score (nSPS) is 16.1. The molecular weight excluding hydrogens is 347 g/mol. The number of amides is 1. The van der Waals surface area contributed by atoms with Crippen molar-refractivity contribution in [3.8, 4) is 0 Å². The molecular formula is C17H22F3N5O. The standard InChI is InChI=1S/C17H22F3N5O/c1-11-13(7-8-14(26)24-9-5-3-4-6-10-24)12(2)25-16(21-11)22-15(23-25)17(18,19)20/h3-10H2,1-2H3. The van der Waals surface area contributed by atoms with Crippen molar-refractivity contribution in [2.45, 2.75) is 58.5 Å². The van der Waals surface area contributed by atoms with Crippen LogP contribution >= 0.6 is 0 Å². The topological polar surface area (TPSA) is 63.4 Å². The average molecular weight is 369 g/mol. The van der Waals surface area contributed by atoms with Gasteiger partial charge in [0.1, 0.15) is 0 Å². The molecule has 2 aromatic rings. The molecule has 3 heterocycles. The first-order valence-corrected chi connectivity index (χ1v) is 8.85. The van der Waals surface area contributed by atoms with Gasteiger partial charge in [0.05, 0.1) is 0 Å². The second kappa shape index (κ2) is 7.20. The molecule has 0 spiro atoms. The van der Waals surface area contributed by atoms with Crippen LogP contribution in [0, 0.1) is 13.8 Å². The van der Waals surface area contributed by atoms with Crippen molar-refractivity contribution >= 4 is 11.7 Å². The second-order valence-electron chi connectivity index (χ2n) is 6.70. The summed E-state index contributed by atoms with van der Waals surface area (Å²) in [6.45, 7) is 4.97. The highest BCUT2D eigenvalue weighted by Gasteiger charge is 2.37. The van der Waals surface area contributed by atoms with E-state index in [2.05, 4.69) is 15.1 Å². The minimum atomic E-state index is -4.61. The Morgan fingerprint density at radius 3 is 2.35 bits per heavy atom. The number of alkyl halides is 3. The van der Waals surface area contributed by atoms with Gasteiger partial charge < -0.3 is 4.90 Å². The minimum Gasteiger partial charge on any atom is -0.343 e. The van der Waals surface area contributed by atoms with Crippen LogP contribution in [0.5, 0.6) is 0 Å². The SMILES string of the molecule is Cc1nc2nc(C(F)(F)F)nn2c(C)c1CCC(=O)N1CCCCCC1. The molecule has 1 aliphatic rings.